The lowest BCUT2D eigenvalue weighted by Gasteiger charge is -2.06. The molecule has 0 radical (unpaired) electrons. The number of pyridine rings is 1. The molecule has 0 fully saturated rings. The summed E-state index contributed by atoms with van der Waals surface area (Å²) >= 11 is 0. The molecule has 1 heterocycles. The summed E-state index contributed by atoms with van der Waals surface area (Å²) in [6, 6.07) is 1.29. The number of hydrogen-bond donors (Lipinski definition) is 0. The predicted molar refractivity (Wildman–Crippen MR) is 45.3 cm³/mol. The maximum absolute atomic E-state index is 12.4. The zero-order valence-corrected chi connectivity index (χ0v) is 7.75. The van der Waals surface area contributed by atoms with Crippen LogP contribution in [0, 0.1) is 6.92 Å². The van der Waals surface area contributed by atoms with Crippen molar-refractivity contribution in [2.75, 3.05) is 7.11 Å². The van der Waals surface area contributed by atoms with Gasteiger partial charge in [0, 0.05) is 11.9 Å². The second-order valence-corrected chi connectivity index (χ2v) is 2.71. The highest BCUT2D eigenvalue weighted by molar-refractivity contribution is 5.91. The number of carbonyl (C=O) groups is 1. The third-order valence-electron chi connectivity index (χ3n) is 1.71. The van der Waals surface area contributed by atoms with Gasteiger partial charge in [-0.2, -0.15) is 0 Å². The van der Waals surface area contributed by atoms with Gasteiger partial charge in [-0.05, 0) is 13.0 Å². The molecule has 0 saturated heterocycles. The van der Waals surface area contributed by atoms with E-state index in [0.717, 1.165) is 13.3 Å². The molecule has 0 unspecified atom stereocenters. The standard InChI is InChI=1S/C9H9F2NO2/c1-5-3-6(9(13)14-2)7(4-12-5)8(10)11/h3-4,8H,1-2H3. The molecule has 0 aliphatic rings. The van der Waals surface area contributed by atoms with Gasteiger partial charge in [-0.1, -0.05) is 0 Å². The maximum Gasteiger partial charge on any atom is 0.338 e. The summed E-state index contributed by atoms with van der Waals surface area (Å²) in [6.45, 7) is 1.61. The molecule has 1 aromatic heterocycles. The molecule has 0 spiro atoms. The van der Waals surface area contributed by atoms with Crippen LogP contribution < -0.4 is 0 Å². The Bertz CT molecular complexity index is 353. The minimum absolute atomic E-state index is 0.130. The molecule has 0 atom stereocenters. The van der Waals surface area contributed by atoms with E-state index in [4.69, 9.17) is 0 Å². The lowest BCUT2D eigenvalue weighted by Crippen LogP contribution is -2.07. The van der Waals surface area contributed by atoms with Gasteiger partial charge in [-0.3, -0.25) is 4.98 Å². The normalized spacial score (nSPS) is 10.4. The summed E-state index contributed by atoms with van der Waals surface area (Å²) < 4.78 is 29.2. The molecule has 0 bridgehead atoms. The number of alkyl halides is 2. The fourth-order valence-electron chi connectivity index (χ4n) is 1.03. The van der Waals surface area contributed by atoms with E-state index in [1.165, 1.54) is 6.07 Å². The zero-order chi connectivity index (χ0) is 10.7. The van der Waals surface area contributed by atoms with Gasteiger partial charge >= 0.3 is 5.97 Å². The molecule has 0 amide bonds. The predicted octanol–water partition coefficient (Wildman–Crippen LogP) is 2.11. The average Bonchev–Trinajstić information content (AvgIpc) is 2.16. The van der Waals surface area contributed by atoms with Gasteiger partial charge in [0.25, 0.3) is 6.43 Å². The number of nitrogens with zero attached hydrogens (tertiary/aromatic N) is 1. The molecule has 0 aliphatic heterocycles. The van der Waals surface area contributed by atoms with Crippen LogP contribution in [0.1, 0.15) is 28.0 Å². The lowest BCUT2D eigenvalue weighted by atomic mass is 10.1. The highest BCUT2D eigenvalue weighted by Crippen LogP contribution is 2.23. The SMILES string of the molecule is COC(=O)c1cc(C)ncc1C(F)F. The Morgan fingerprint density at radius 1 is 1.57 bits per heavy atom. The summed E-state index contributed by atoms with van der Waals surface area (Å²) in [7, 11) is 1.15. The summed E-state index contributed by atoms with van der Waals surface area (Å²) in [6.07, 6.45) is -1.73. The maximum atomic E-state index is 12.4. The van der Waals surface area contributed by atoms with Crippen LogP contribution in [0.3, 0.4) is 0 Å². The molecule has 3 nitrogen and oxygen atoms in total. The van der Waals surface area contributed by atoms with Crippen LogP contribution in [-0.2, 0) is 4.74 Å². The van der Waals surface area contributed by atoms with Gasteiger partial charge in [0.05, 0.1) is 18.2 Å². The molecule has 0 saturated carbocycles. The summed E-state index contributed by atoms with van der Waals surface area (Å²) in [4.78, 5) is 14.8. The van der Waals surface area contributed by atoms with E-state index < -0.39 is 18.0 Å². The van der Waals surface area contributed by atoms with E-state index >= 15 is 0 Å². The highest BCUT2D eigenvalue weighted by Gasteiger charge is 2.19. The van der Waals surface area contributed by atoms with Gasteiger partial charge in [-0.15, -0.1) is 0 Å². The van der Waals surface area contributed by atoms with E-state index in [1.807, 2.05) is 0 Å². The Morgan fingerprint density at radius 3 is 2.71 bits per heavy atom. The van der Waals surface area contributed by atoms with Crippen molar-refractivity contribution in [2.24, 2.45) is 0 Å². The first-order valence-corrected chi connectivity index (χ1v) is 3.89. The van der Waals surface area contributed by atoms with Gasteiger partial charge in [-0.25, -0.2) is 13.6 Å². The Hall–Kier alpha value is -1.52. The number of aromatic nitrogens is 1. The van der Waals surface area contributed by atoms with Crippen molar-refractivity contribution < 1.29 is 18.3 Å². The smallest absolute Gasteiger partial charge is 0.338 e. The number of hydrogen-bond acceptors (Lipinski definition) is 3. The van der Waals surface area contributed by atoms with Crippen LogP contribution in [-0.4, -0.2) is 18.1 Å². The van der Waals surface area contributed by atoms with E-state index in [0.29, 0.717) is 5.69 Å². The van der Waals surface area contributed by atoms with Crippen molar-refractivity contribution in [3.8, 4) is 0 Å². The average molecular weight is 201 g/mol. The Kier molecular flexibility index (Phi) is 3.11. The molecule has 0 N–H and O–H groups in total. The summed E-state index contributed by atoms with van der Waals surface area (Å²) in [5, 5.41) is 0. The minimum Gasteiger partial charge on any atom is -0.465 e. The van der Waals surface area contributed by atoms with Gasteiger partial charge in [0.15, 0.2) is 0 Å². The molecule has 76 valence electrons. The van der Waals surface area contributed by atoms with Crippen molar-refractivity contribution in [3.63, 3.8) is 0 Å². The van der Waals surface area contributed by atoms with Gasteiger partial charge in [0.1, 0.15) is 0 Å². The zero-order valence-electron chi connectivity index (χ0n) is 7.75. The van der Waals surface area contributed by atoms with E-state index in [-0.39, 0.29) is 5.56 Å². The third kappa shape index (κ3) is 2.04. The van der Waals surface area contributed by atoms with E-state index in [2.05, 4.69) is 9.72 Å². The van der Waals surface area contributed by atoms with Crippen molar-refractivity contribution in [1.29, 1.82) is 0 Å². The van der Waals surface area contributed by atoms with Crippen LogP contribution in [0.2, 0.25) is 0 Å². The van der Waals surface area contributed by atoms with Crippen molar-refractivity contribution >= 4 is 5.97 Å². The number of esters is 1. The lowest BCUT2D eigenvalue weighted by molar-refractivity contribution is 0.0589. The van der Waals surface area contributed by atoms with Gasteiger partial charge in [0.2, 0.25) is 0 Å². The molecular weight excluding hydrogens is 192 g/mol. The molecule has 5 heteroatoms. The molecule has 0 aliphatic carbocycles. The van der Waals surface area contributed by atoms with Crippen LogP contribution in [0.5, 0.6) is 0 Å². The van der Waals surface area contributed by atoms with Crippen molar-refractivity contribution in [1.82, 2.24) is 4.98 Å². The Morgan fingerprint density at radius 2 is 2.21 bits per heavy atom. The molecule has 1 rings (SSSR count). The number of methoxy groups -OCH3 is 1. The van der Waals surface area contributed by atoms with E-state index in [1.54, 1.807) is 6.92 Å². The number of aryl methyl sites for hydroxylation is 1. The van der Waals surface area contributed by atoms with E-state index in [9.17, 15) is 13.6 Å². The number of rotatable bonds is 2. The molecule has 1 aromatic rings. The summed E-state index contributed by atoms with van der Waals surface area (Å²) in [5.74, 6) is -0.772. The topological polar surface area (TPSA) is 39.2 Å². The number of halogens is 2. The van der Waals surface area contributed by atoms with Crippen LogP contribution >= 0.6 is 0 Å². The highest BCUT2D eigenvalue weighted by atomic mass is 19.3. The first-order chi connectivity index (χ1) is 6.56. The van der Waals surface area contributed by atoms with Crippen molar-refractivity contribution in [2.45, 2.75) is 13.3 Å². The first-order valence-electron chi connectivity index (χ1n) is 3.89. The Labute approximate surface area is 79.7 Å². The number of ether oxygens (including phenoxy) is 1. The second-order valence-electron chi connectivity index (χ2n) is 2.71. The molecule has 14 heavy (non-hydrogen) atoms. The Balaban J connectivity index is 3.22. The monoisotopic (exact) mass is 201 g/mol. The quantitative estimate of drug-likeness (QED) is 0.688. The molecule has 0 aromatic carbocycles. The van der Waals surface area contributed by atoms with Crippen molar-refractivity contribution in [3.05, 3.63) is 29.1 Å². The second kappa shape index (κ2) is 4.13. The van der Waals surface area contributed by atoms with Gasteiger partial charge < -0.3 is 4.74 Å². The fourth-order valence-corrected chi connectivity index (χ4v) is 1.03. The van der Waals surface area contributed by atoms with Crippen LogP contribution in [0.15, 0.2) is 12.3 Å². The molecular formula is C9H9F2NO2. The fraction of sp³-hybridized carbons (Fsp3) is 0.333. The number of carbonyl (C=O) groups excluding carboxylic acids is 1. The first kappa shape index (κ1) is 10.6. The summed E-state index contributed by atoms with van der Waals surface area (Å²) in [5.41, 5.74) is -0.0350. The largest absolute Gasteiger partial charge is 0.465 e. The minimum atomic E-state index is -2.72. The third-order valence-corrected chi connectivity index (χ3v) is 1.71. The van der Waals surface area contributed by atoms with Crippen LogP contribution in [0.4, 0.5) is 8.78 Å². The van der Waals surface area contributed by atoms with Crippen LogP contribution in [0.25, 0.3) is 0 Å².